The Morgan fingerprint density at radius 3 is 2.67 bits per heavy atom. The van der Waals surface area contributed by atoms with Crippen LogP contribution < -0.4 is 10.6 Å². The zero-order valence-electron chi connectivity index (χ0n) is 10.4. The van der Waals surface area contributed by atoms with Gasteiger partial charge in [-0.05, 0) is 38.1 Å². The summed E-state index contributed by atoms with van der Waals surface area (Å²) >= 11 is 0. The summed E-state index contributed by atoms with van der Waals surface area (Å²) < 4.78 is 0. The quantitative estimate of drug-likeness (QED) is 0.867. The molecule has 0 aliphatic rings. The molecule has 2 aromatic heterocycles. The van der Waals surface area contributed by atoms with E-state index in [-0.39, 0.29) is 11.9 Å². The highest BCUT2D eigenvalue weighted by atomic mass is 16.2. The van der Waals surface area contributed by atoms with Gasteiger partial charge in [-0.1, -0.05) is 0 Å². The molecule has 0 spiro atoms. The monoisotopic (exact) mass is 244 g/mol. The number of nitrogens with one attached hydrogen (secondary N) is 1. The van der Waals surface area contributed by atoms with Crippen LogP contribution in [0.2, 0.25) is 0 Å². The molecule has 5 heteroatoms. The molecular weight excluding hydrogens is 228 g/mol. The molecule has 0 saturated carbocycles. The Hall–Kier alpha value is -2.30. The lowest BCUT2D eigenvalue weighted by molar-refractivity contribution is 0.0975. The summed E-state index contributed by atoms with van der Waals surface area (Å²) in [6, 6.07) is 7.03. The largest absolute Gasteiger partial charge is 0.397 e. The average molecular weight is 244 g/mol. The molecule has 0 atom stereocenters. The van der Waals surface area contributed by atoms with E-state index in [1.165, 1.54) is 0 Å². The first-order valence-electron chi connectivity index (χ1n) is 5.78. The molecule has 0 aromatic carbocycles. The van der Waals surface area contributed by atoms with E-state index in [9.17, 15) is 4.79 Å². The highest BCUT2D eigenvalue weighted by Gasteiger charge is 2.22. The van der Waals surface area contributed by atoms with Gasteiger partial charge in [-0.25, -0.2) is 4.98 Å². The van der Waals surface area contributed by atoms with Gasteiger partial charge in [0.15, 0.2) is 0 Å². The molecule has 2 heterocycles. The van der Waals surface area contributed by atoms with E-state index >= 15 is 0 Å². The summed E-state index contributed by atoms with van der Waals surface area (Å²) in [5, 5.41) is 0. The summed E-state index contributed by atoms with van der Waals surface area (Å²) in [5.41, 5.74) is 6.72. The maximum Gasteiger partial charge on any atom is 0.276 e. The fourth-order valence-corrected chi connectivity index (χ4v) is 1.74. The molecule has 0 saturated heterocycles. The molecular formula is C13H16N4O. The SMILES string of the molecule is CC(C)N(C(=O)c1ccc[nH]1)c1ccc(N)cn1. The number of nitrogens with zero attached hydrogens (tertiary/aromatic N) is 2. The second-order valence-corrected chi connectivity index (χ2v) is 4.30. The number of amides is 1. The number of rotatable bonds is 3. The number of anilines is 2. The van der Waals surface area contributed by atoms with Crippen molar-refractivity contribution in [1.82, 2.24) is 9.97 Å². The molecule has 2 aromatic rings. The lowest BCUT2D eigenvalue weighted by Crippen LogP contribution is -2.37. The van der Waals surface area contributed by atoms with Crippen molar-refractivity contribution in [2.45, 2.75) is 19.9 Å². The fraction of sp³-hybridized carbons (Fsp3) is 0.231. The van der Waals surface area contributed by atoms with Crippen molar-refractivity contribution in [2.24, 2.45) is 0 Å². The number of carbonyl (C=O) groups excluding carboxylic acids is 1. The molecule has 0 unspecified atom stereocenters. The van der Waals surface area contributed by atoms with Gasteiger partial charge in [0, 0.05) is 12.2 Å². The first-order chi connectivity index (χ1) is 8.59. The standard InChI is InChI=1S/C13H16N4O/c1-9(2)17(12-6-5-10(14)8-16-12)13(18)11-4-3-7-15-11/h3-9,15H,14H2,1-2H3. The Kier molecular flexibility index (Phi) is 3.32. The van der Waals surface area contributed by atoms with Gasteiger partial charge in [-0.2, -0.15) is 0 Å². The van der Waals surface area contributed by atoms with E-state index in [1.54, 1.807) is 41.6 Å². The predicted octanol–water partition coefficient (Wildman–Crippen LogP) is 2.05. The summed E-state index contributed by atoms with van der Waals surface area (Å²) in [4.78, 5) is 21.1. The molecule has 1 amide bonds. The van der Waals surface area contributed by atoms with Crippen molar-refractivity contribution >= 4 is 17.4 Å². The third kappa shape index (κ3) is 2.34. The second-order valence-electron chi connectivity index (χ2n) is 4.30. The van der Waals surface area contributed by atoms with Crippen LogP contribution in [0.5, 0.6) is 0 Å². The number of aromatic nitrogens is 2. The minimum atomic E-state index is -0.104. The van der Waals surface area contributed by atoms with Gasteiger partial charge >= 0.3 is 0 Å². The third-order valence-corrected chi connectivity index (χ3v) is 2.58. The van der Waals surface area contributed by atoms with Gasteiger partial charge < -0.3 is 10.7 Å². The number of hydrogen-bond donors (Lipinski definition) is 2. The van der Waals surface area contributed by atoms with Crippen molar-refractivity contribution in [3.05, 3.63) is 42.4 Å². The van der Waals surface area contributed by atoms with Crippen LogP contribution in [0.15, 0.2) is 36.7 Å². The zero-order valence-corrected chi connectivity index (χ0v) is 10.4. The van der Waals surface area contributed by atoms with Crippen molar-refractivity contribution in [3.8, 4) is 0 Å². The topological polar surface area (TPSA) is 75.0 Å². The molecule has 0 radical (unpaired) electrons. The number of pyridine rings is 1. The van der Waals surface area contributed by atoms with Gasteiger partial charge in [-0.15, -0.1) is 0 Å². The van der Waals surface area contributed by atoms with Crippen LogP contribution in [-0.2, 0) is 0 Å². The summed E-state index contributed by atoms with van der Waals surface area (Å²) in [5.74, 6) is 0.492. The predicted molar refractivity (Wildman–Crippen MR) is 71.4 cm³/mol. The van der Waals surface area contributed by atoms with E-state index in [2.05, 4.69) is 9.97 Å². The van der Waals surface area contributed by atoms with Crippen LogP contribution >= 0.6 is 0 Å². The minimum Gasteiger partial charge on any atom is -0.397 e. The lowest BCUT2D eigenvalue weighted by atomic mass is 10.2. The molecule has 0 aliphatic carbocycles. The Bertz CT molecular complexity index is 516. The highest BCUT2D eigenvalue weighted by molar-refractivity contribution is 6.04. The van der Waals surface area contributed by atoms with Crippen LogP contribution in [0, 0.1) is 0 Å². The van der Waals surface area contributed by atoms with Crippen LogP contribution in [0.4, 0.5) is 11.5 Å². The fourth-order valence-electron chi connectivity index (χ4n) is 1.74. The molecule has 3 N–H and O–H groups in total. The summed E-state index contributed by atoms with van der Waals surface area (Å²) in [6.07, 6.45) is 3.27. The second kappa shape index (κ2) is 4.91. The number of nitrogens with two attached hydrogens (primary N) is 1. The van der Waals surface area contributed by atoms with Gasteiger partial charge in [0.2, 0.25) is 0 Å². The van der Waals surface area contributed by atoms with Crippen LogP contribution in [0.25, 0.3) is 0 Å². The Labute approximate surface area is 106 Å². The Balaban J connectivity index is 2.34. The number of H-pyrrole nitrogens is 1. The number of hydrogen-bond acceptors (Lipinski definition) is 3. The Morgan fingerprint density at radius 2 is 2.17 bits per heavy atom. The zero-order chi connectivity index (χ0) is 13.1. The maximum absolute atomic E-state index is 12.4. The molecule has 94 valence electrons. The van der Waals surface area contributed by atoms with E-state index in [4.69, 9.17) is 5.73 Å². The summed E-state index contributed by atoms with van der Waals surface area (Å²) in [7, 11) is 0. The van der Waals surface area contributed by atoms with Crippen LogP contribution in [0.3, 0.4) is 0 Å². The van der Waals surface area contributed by atoms with Crippen LogP contribution in [-0.4, -0.2) is 21.9 Å². The summed E-state index contributed by atoms with van der Waals surface area (Å²) in [6.45, 7) is 3.89. The van der Waals surface area contributed by atoms with Crippen molar-refractivity contribution in [2.75, 3.05) is 10.6 Å². The molecule has 5 nitrogen and oxygen atoms in total. The molecule has 18 heavy (non-hydrogen) atoms. The first kappa shape index (κ1) is 12.2. The van der Waals surface area contributed by atoms with E-state index < -0.39 is 0 Å². The van der Waals surface area contributed by atoms with Crippen molar-refractivity contribution in [3.63, 3.8) is 0 Å². The Morgan fingerprint density at radius 1 is 1.39 bits per heavy atom. The number of aromatic amines is 1. The molecule has 0 aliphatic heterocycles. The lowest BCUT2D eigenvalue weighted by Gasteiger charge is -2.25. The highest BCUT2D eigenvalue weighted by Crippen LogP contribution is 2.18. The van der Waals surface area contributed by atoms with E-state index in [0.29, 0.717) is 17.2 Å². The minimum absolute atomic E-state index is 0.0110. The van der Waals surface area contributed by atoms with Gasteiger partial charge in [-0.3, -0.25) is 9.69 Å². The maximum atomic E-state index is 12.4. The van der Waals surface area contributed by atoms with E-state index in [0.717, 1.165) is 0 Å². The molecule has 2 rings (SSSR count). The normalized spacial score (nSPS) is 10.6. The van der Waals surface area contributed by atoms with Crippen molar-refractivity contribution in [1.29, 1.82) is 0 Å². The van der Waals surface area contributed by atoms with Gasteiger partial charge in [0.1, 0.15) is 11.5 Å². The first-order valence-corrected chi connectivity index (χ1v) is 5.78. The molecule has 0 bridgehead atoms. The number of carbonyl (C=O) groups is 1. The van der Waals surface area contributed by atoms with Crippen molar-refractivity contribution < 1.29 is 4.79 Å². The average Bonchev–Trinajstić information content (AvgIpc) is 2.85. The third-order valence-electron chi connectivity index (χ3n) is 2.58. The van der Waals surface area contributed by atoms with Crippen LogP contribution in [0.1, 0.15) is 24.3 Å². The van der Waals surface area contributed by atoms with E-state index in [1.807, 2.05) is 13.8 Å². The van der Waals surface area contributed by atoms with Gasteiger partial charge in [0.05, 0.1) is 11.9 Å². The smallest absolute Gasteiger partial charge is 0.276 e. The number of nitrogen functional groups attached to an aromatic ring is 1. The van der Waals surface area contributed by atoms with Gasteiger partial charge in [0.25, 0.3) is 5.91 Å². The molecule has 0 fully saturated rings.